The van der Waals surface area contributed by atoms with Crippen LogP contribution in [0.15, 0.2) is 63.9 Å². The second-order valence-corrected chi connectivity index (χ2v) is 9.71. The molecule has 3 rings (SSSR count). The van der Waals surface area contributed by atoms with Gasteiger partial charge in [0.1, 0.15) is 18.1 Å². The summed E-state index contributed by atoms with van der Waals surface area (Å²) >= 11 is 0. The normalized spacial score (nSPS) is 13.0. The smallest absolute Gasteiger partial charge is 0.416 e. The molecular formula is C23H19F4N3O5S. The summed E-state index contributed by atoms with van der Waals surface area (Å²) in [6.07, 6.45) is -3.56. The highest BCUT2D eigenvalue weighted by atomic mass is 32.2. The zero-order chi connectivity index (χ0) is 26.7. The third-order valence-corrected chi connectivity index (χ3v) is 6.40. The number of aliphatic hydroxyl groups excluding tert-OH is 1. The number of nitrogens with one attached hydrogen (secondary N) is 1. The van der Waals surface area contributed by atoms with Crippen molar-refractivity contribution in [3.05, 3.63) is 77.4 Å². The monoisotopic (exact) mass is 525 g/mol. The fourth-order valence-electron chi connectivity index (χ4n) is 3.00. The molecule has 2 amide bonds. The van der Waals surface area contributed by atoms with Gasteiger partial charge in [-0.1, -0.05) is 6.07 Å². The van der Waals surface area contributed by atoms with E-state index in [0.717, 1.165) is 18.2 Å². The Hall–Kier alpha value is -3.84. The van der Waals surface area contributed by atoms with Gasteiger partial charge in [0.2, 0.25) is 5.95 Å². The summed E-state index contributed by atoms with van der Waals surface area (Å²) < 4.78 is 74.9. The number of benzene rings is 2. The average molecular weight is 525 g/mol. The summed E-state index contributed by atoms with van der Waals surface area (Å²) in [4.78, 5) is 28.0. The highest BCUT2D eigenvalue weighted by Gasteiger charge is 2.32. The number of aliphatic hydroxyl groups is 1. The van der Waals surface area contributed by atoms with Crippen molar-refractivity contribution in [3.63, 3.8) is 0 Å². The summed E-state index contributed by atoms with van der Waals surface area (Å²) in [5, 5.41) is 11.3. The van der Waals surface area contributed by atoms with Gasteiger partial charge in [0.25, 0.3) is 11.8 Å². The Balaban J connectivity index is 1.99. The van der Waals surface area contributed by atoms with Crippen LogP contribution in [0.3, 0.4) is 0 Å². The summed E-state index contributed by atoms with van der Waals surface area (Å²) in [6.45, 7) is 0.452. The zero-order valence-corrected chi connectivity index (χ0v) is 19.6. The first-order chi connectivity index (χ1) is 16.8. The topological polar surface area (TPSA) is 118 Å². The molecule has 190 valence electrons. The molecule has 36 heavy (non-hydrogen) atoms. The Morgan fingerprint density at radius 2 is 1.83 bits per heavy atom. The van der Waals surface area contributed by atoms with E-state index in [-0.39, 0.29) is 27.6 Å². The third-order valence-electron chi connectivity index (χ3n) is 4.72. The molecule has 0 unspecified atom stereocenters. The Morgan fingerprint density at radius 3 is 2.47 bits per heavy atom. The van der Waals surface area contributed by atoms with Crippen molar-refractivity contribution in [2.75, 3.05) is 18.2 Å². The second-order valence-electron chi connectivity index (χ2n) is 7.46. The fourth-order valence-corrected chi connectivity index (χ4v) is 4.23. The van der Waals surface area contributed by atoms with Crippen LogP contribution in [0, 0.1) is 12.9 Å². The van der Waals surface area contributed by atoms with Crippen LogP contribution in [0.2, 0.25) is 0 Å². The molecule has 0 saturated heterocycles. The van der Waals surface area contributed by atoms with E-state index in [4.69, 9.17) is 9.84 Å². The minimum Gasteiger partial charge on any atom is -0.455 e. The lowest BCUT2D eigenvalue weighted by Crippen LogP contribution is -2.15. The molecule has 0 bridgehead atoms. The van der Waals surface area contributed by atoms with Gasteiger partial charge in [0, 0.05) is 16.8 Å². The van der Waals surface area contributed by atoms with E-state index in [1.54, 1.807) is 0 Å². The maximum atomic E-state index is 13.3. The van der Waals surface area contributed by atoms with Crippen molar-refractivity contribution in [2.24, 2.45) is 4.36 Å². The number of hydrogen-bond acceptors (Lipinski definition) is 6. The number of aromatic nitrogens is 1. The van der Waals surface area contributed by atoms with Crippen LogP contribution in [-0.4, -0.2) is 39.0 Å². The zero-order valence-electron chi connectivity index (χ0n) is 18.8. The largest absolute Gasteiger partial charge is 0.455 e. The quantitative estimate of drug-likeness (QED) is 0.360. The van der Waals surface area contributed by atoms with E-state index >= 15 is 0 Å². The molecular weight excluding hydrogens is 506 g/mol. The van der Waals surface area contributed by atoms with Crippen molar-refractivity contribution in [1.82, 2.24) is 4.98 Å². The van der Waals surface area contributed by atoms with Crippen molar-refractivity contribution in [1.29, 1.82) is 0 Å². The second kappa shape index (κ2) is 10.4. The number of carbonyl (C=O) groups excluding carboxylic acids is 2. The van der Waals surface area contributed by atoms with E-state index in [2.05, 4.69) is 14.7 Å². The number of ether oxygens (including phenoxy) is 1. The number of pyridine rings is 1. The van der Waals surface area contributed by atoms with Gasteiger partial charge < -0.3 is 15.2 Å². The van der Waals surface area contributed by atoms with Crippen molar-refractivity contribution in [3.8, 4) is 11.5 Å². The van der Waals surface area contributed by atoms with Gasteiger partial charge in [0.05, 0.1) is 26.5 Å². The maximum absolute atomic E-state index is 13.3. The molecule has 0 aliphatic carbocycles. The average Bonchev–Trinajstić information content (AvgIpc) is 2.80. The van der Waals surface area contributed by atoms with Crippen LogP contribution < -0.4 is 10.1 Å². The van der Waals surface area contributed by atoms with Crippen LogP contribution in [-0.2, 0) is 20.7 Å². The molecule has 0 aliphatic rings. The lowest BCUT2D eigenvalue weighted by Gasteiger charge is -2.15. The first-order valence-electron chi connectivity index (χ1n) is 10.1. The molecule has 8 nitrogen and oxygen atoms in total. The lowest BCUT2D eigenvalue weighted by atomic mass is 10.1. The lowest BCUT2D eigenvalue weighted by molar-refractivity contribution is -0.137. The predicted octanol–water partition coefficient (Wildman–Crippen LogP) is 4.57. The molecule has 0 saturated carbocycles. The van der Waals surface area contributed by atoms with Gasteiger partial charge in [-0.15, -0.1) is 0 Å². The number of nitrogens with zero attached hydrogens (tertiary/aromatic N) is 2. The molecule has 0 aliphatic heterocycles. The maximum Gasteiger partial charge on any atom is 0.416 e. The summed E-state index contributed by atoms with van der Waals surface area (Å²) in [5.74, 6) is -3.20. The van der Waals surface area contributed by atoms with E-state index in [9.17, 15) is 31.4 Å². The predicted molar refractivity (Wildman–Crippen MR) is 122 cm³/mol. The molecule has 0 spiro atoms. The SMILES string of the molecule is Cc1nc(F)ccc1Oc1cc(C(F)(F)F)ccc1C(=O)Nc1cccc([S@@](C)(=O)=NC(=O)CO)c1. The summed E-state index contributed by atoms with van der Waals surface area (Å²) in [7, 11) is -3.25. The molecule has 2 aromatic carbocycles. The van der Waals surface area contributed by atoms with Crippen LogP contribution in [0.4, 0.5) is 23.2 Å². The number of aryl methyl sites for hydroxylation is 1. The molecule has 1 atom stereocenters. The van der Waals surface area contributed by atoms with Crippen LogP contribution in [0.5, 0.6) is 11.5 Å². The van der Waals surface area contributed by atoms with Crippen LogP contribution in [0.1, 0.15) is 21.6 Å². The molecule has 1 heterocycles. The number of halogens is 4. The van der Waals surface area contributed by atoms with Crippen LogP contribution >= 0.6 is 0 Å². The summed E-state index contributed by atoms with van der Waals surface area (Å²) in [6, 6.07) is 9.87. The minimum atomic E-state index is -4.73. The first-order valence-corrected chi connectivity index (χ1v) is 12.0. The number of rotatable bonds is 6. The van der Waals surface area contributed by atoms with Crippen molar-refractivity contribution >= 4 is 27.2 Å². The molecule has 0 radical (unpaired) electrons. The number of carbonyl (C=O) groups is 2. The first kappa shape index (κ1) is 26.8. The Bertz CT molecular complexity index is 1450. The van der Waals surface area contributed by atoms with Gasteiger partial charge in [-0.2, -0.15) is 21.9 Å². The number of hydrogen-bond donors (Lipinski definition) is 2. The van der Waals surface area contributed by atoms with Crippen LogP contribution in [0.25, 0.3) is 0 Å². The van der Waals surface area contributed by atoms with Gasteiger partial charge >= 0.3 is 6.18 Å². The molecule has 3 aromatic rings. The highest BCUT2D eigenvalue weighted by Crippen LogP contribution is 2.36. The third kappa shape index (κ3) is 6.43. The van der Waals surface area contributed by atoms with Gasteiger partial charge in [-0.05, 0) is 55.5 Å². The molecule has 2 N–H and O–H groups in total. The Morgan fingerprint density at radius 1 is 1.11 bits per heavy atom. The fraction of sp³-hybridized carbons (Fsp3) is 0.174. The highest BCUT2D eigenvalue weighted by molar-refractivity contribution is 7.93. The standard InChI is InChI=1S/C23H19F4N3O5S/c1-13-18(8-9-20(24)28-13)35-19-10-14(23(25,26)27)6-7-17(19)22(33)29-15-4-3-5-16(11-15)36(2,34)30-21(32)12-31/h3-11,31H,12H2,1-2H3,(H,29,33)/t36-/m1/s1. The summed E-state index contributed by atoms with van der Waals surface area (Å²) in [5.41, 5.74) is -1.21. The molecule has 13 heteroatoms. The van der Waals surface area contributed by atoms with Crippen molar-refractivity contribution in [2.45, 2.75) is 18.0 Å². The number of anilines is 1. The number of amides is 2. The van der Waals surface area contributed by atoms with E-state index < -0.39 is 51.6 Å². The van der Waals surface area contributed by atoms with E-state index in [1.165, 1.54) is 37.4 Å². The van der Waals surface area contributed by atoms with Crippen molar-refractivity contribution < 1.29 is 41.2 Å². The minimum absolute atomic E-state index is 0.0466. The Kier molecular flexibility index (Phi) is 7.74. The number of alkyl halides is 3. The van der Waals surface area contributed by atoms with Gasteiger partial charge in [-0.25, -0.2) is 9.19 Å². The molecule has 1 aromatic heterocycles. The molecule has 0 fully saturated rings. The van der Waals surface area contributed by atoms with E-state index in [0.29, 0.717) is 12.1 Å². The van der Waals surface area contributed by atoms with Gasteiger partial charge in [0.15, 0.2) is 0 Å². The van der Waals surface area contributed by atoms with E-state index in [1.807, 2.05) is 0 Å². The Labute approximate surface area is 203 Å². The van der Waals surface area contributed by atoms with Gasteiger partial charge in [-0.3, -0.25) is 9.59 Å².